The molecule has 6 nitrogen and oxygen atoms in total. The molecule has 1 unspecified atom stereocenters. The monoisotopic (exact) mass is 412 g/mol. The number of rotatable bonds is 5. The van der Waals surface area contributed by atoms with Gasteiger partial charge in [0, 0.05) is 17.1 Å². The van der Waals surface area contributed by atoms with E-state index in [0.29, 0.717) is 4.91 Å². The van der Waals surface area contributed by atoms with E-state index in [1.807, 2.05) is 19.9 Å². The summed E-state index contributed by atoms with van der Waals surface area (Å²) >= 11 is 0.839. The molecule has 0 radical (unpaired) electrons. The molecule has 29 heavy (non-hydrogen) atoms. The number of methoxy groups -OCH3 is 1. The summed E-state index contributed by atoms with van der Waals surface area (Å²) in [5, 5.41) is -0.469. The first-order valence-corrected chi connectivity index (χ1v) is 10.2. The predicted molar refractivity (Wildman–Crippen MR) is 114 cm³/mol. The second-order valence-corrected chi connectivity index (χ2v) is 7.93. The van der Waals surface area contributed by atoms with Gasteiger partial charge in [-0.1, -0.05) is 19.1 Å². The highest BCUT2D eigenvalue weighted by molar-refractivity contribution is 8.18. The van der Waals surface area contributed by atoms with Crippen LogP contribution >= 0.6 is 11.8 Å². The first-order chi connectivity index (χ1) is 13.8. The van der Waals surface area contributed by atoms with Crippen molar-refractivity contribution in [3.63, 3.8) is 0 Å². The van der Waals surface area contributed by atoms with Crippen LogP contribution in [0.25, 0.3) is 11.8 Å². The highest BCUT2D eigenvalue weighted by Gasteiger charge is 2.41. The molecule has 0 spiro atoms. The van der Waals surface area contributed by atoms with E-state index in [2.05, 4.69) is 40.5 Å². The average Bonchev–Trinajstić information content (AvgIpc) is 3.15. The molecule has 2 amide bonds. The van der Waals surface area contributed by atoms with Gasteiger partial charge in [-0.25, -0.2) is 4.79 Å². The zero-order chi connectivity index (χ0) is 21.3. The Morgan fingerprint density at radius 2 is 1.86 bits per heavy atom. The number of nitrogens with zero attached hydrogens (tertiary/aromatic N) is 2. The molecule has 0 bridgehead atoms. The Labute approximate surface area is 174 Å². The first kappa shape index (κ1) is 20.9. The number of aromatic nitrogens is 1. The fourth-order valence-electron chi connectivity index (χ4n) is 3.44. The van der Waals surface area contributed by atoms with Crippen molar-refractivity contribution in [1.29, 1.82) is 0 Å². The molecule has 1 atom stereocenters. The molecule has 3 rings (SSSR count). The van der Waals surface area contributed by atoms with Gasteiger partial charge < -0.3 is 9.30 Å². The van der Waals surface area contributed by atoms with Gasteiger partial charge in [-0.05, 0) is 74.4 Å². The molecule has 2 aromatic rings. The number of aryl methyl sites for hydroxylation is 2. The molecule has 0 saturated carbocycles. The molecule has 0 N–H and O–H groups in total. The normalized spacial score (nSPS) is 16.6. The Bertz CT molecular complexity index is 1000. The number of thioether (sulfide) groups is 1. The summed E-state index contributed by atoms with van der Waals surface area (Å²) in [5.41, 5.74) is 5.17. The molecule has 152 valence electrons. The van der Waals surface area contributed by atoms with Gasteiger partial charge in [-0.2, -0.15) is 0 Å². The maximum atomic E-state index is 12.7. The Hall–Kier alpha value is -2.80. The SMILES string of the molecule is CCc1ccc(-n2c(C)cc(/C=C3\SC(=O)N(C(C)C(=O)OC)C3=O)c2C)cc1. The Morgan fingerprint density at radius 1 is 1.21 bits per heavy atom. The highest BCUT2D eigenvalue weighted by atomic mass is 32.2. The van der Waals surface area contributed by atoms with Crippen molar-refractivity contribution < 1.29 is 19.1 Å². The number of ether oxygens (including phenoxy) is 1. The van der Waals surface area contributed by atoms with Gasteiger partial charge in [-0.15, -0.1) is 0 Å². The number of esters is 1. The molecule has 1 aromatic heterocycles. The number of imide groups is 1. The number of amides is 2. The predicted octanol–water partition coefficient (Wildman–Crippen LogP) is 4.25. The number of carbonyl (C=O) groups is 3. The van der Waals surface area contributed by atoms with E-state index in [4.69, 9.17) is 0 Å². The smallest absolute Gasteiger partial charge is 0.328 e. The summed E-state index contributed by atoms with van der Waals surface area (Å²) in [6, 6.07) is 9.40. The van der Waals surface area contributed by atoms with Crippen molar-refractivity contribution in [2.45, 2.75) is 40.2 Å². The molecular weight excluding hydrogens is 388 g/mol. The third-order valence-electron chi connectivity index (χ3n) is 5.11. The minimum Gasteiger partial charge on any atom is -0.467 e. The standard InChI is InChI=1S/C22H24N2O4S/c1-6-16-7-9-18(10-8-16)23-13(2)11-17(14(23)3)12-19-20(25)24(22(27)29-19)15(4)21(26)28-5/h7-12,15H,6H2,1-5H3/b19-12-. The Morgan fingerprint density at radius 3 is 2.45 bits per heavy atom. The summed E-state index contributed by atoms with van der Waals surface area (Å²) in [6.07, 6.45) is 2.70. The van der Waals surface area contributed by atoms with Crippen molar-refractivity contribution in [3.8, 4) is 5.69 Å². The third-order valence-corrected chi connectivity index (χ3v) is 6.00. The molecular formula is C22H24N2O4S. The highest BCUT2D eigenvalue weighted by Crippen LogP contribution is 2.35. The van der Waals surface area contributed by atoms with Crippen LogP contribution in [0.1, 0.15) is 36.4 Å². The van der Waals surface area contributed by atoms with Crippen LogP contribution in [-0.4, -0.2) is 39.7 Å². The second kappa shape index (κ2) is 8.29. The summed E-state index contributed by atoms with van der Waals surface area (Å²) in [6.45, 7) is 7.58. The van der Waals surface area contributed by atoms with Crippen LogP contribution in [-0.2, 0) is 20.7 Å². The second-order valence-electron chi connectivity index (χ2n) is 6.93. The lowest BCUT2D eigenvalue weighted by Crippen LogP contribution is -2.42. The van der Waals surface area contributed by atoms with Crippen molar-refractivity contribution >= 4 is 35.0 Å². The maximum Gasteiger partial charge on any atom is 0.328 e. The van der Waals surface area contributed by atoms with Crippen molar-refractivity contribution in [2.75, 3.05) is 7.11 Å². The minimum absolute atomic E-state index is 0.298. The van der Waals surface area contributed by atoms with Crippen LogP contribution in [0, 0.1) is 13.8 Å². The van der Waals surface area contributed by atoms with Crippen molar-refractivity contribution in [3.05, 3.63) is 57.8 Å². The third kappa shape index (κ3) is 3.87. The lowest BCUT2D eigenvalue weighted by atomic mass is 10.1. The Kier molecular flexibility index (Phi) is 5.98. The van der Waals surface area contributed by atoms with E-state index in [1.165, 1.54) is 19.6 Å². The summed E-state index contributed by atoms with van der Waals surface area (Å²) in [7, 11) is 1.23. The van der Waals surface area contributed by atoms with Crippen molar-refractivity contribution in [1.82, 2.24) is 9.47 Å². The van der Waals surface area contributed by atoms with Gasteiger partial charge in [0.1, 0.15) is 6.04 Å². The zero-order valence-corrected chi connectivity index (χ0v) is 18.0. The van der Waals surface area contributed by atoms with Gasteiger partial charge >= 0.3 is 5.97 Å². The lowest BCUT2D eigenvalue weighted by Gasteiger charge is -2.18. The van der Waals surface area contributed by atoms with E-state index in [-0.39, 0.29) is 0 Å². The van der Waals surface area contributed by atoms with Crippen molar-refractivity contribution in [2.24, 2.45) is 0 Å². The fraction of sp³-hybridized carbons (Fsp3) is 0.318. The average molecular weight is 413 g/mol. The molecule has 7 heteroatoms. The summed E-state index contributed by atoms with van der Waals surface area (Å²) in [4.78, 5) is 38.0. The van der Waals surface area contributed by atoms with E-state index in [1.54, 1.807) is 6.08 Å². The number of hydrogen-bond donors (Lipinski definition) is 0. The number of benzene rings is 1. The van der Waals surface area contributed by atoms with Crippen LogP contribution in [0.15, 0.2) is 35.2 Å². The number of hydrogen-bond acceptors (Lipinski definition) is 5. The molecule has 1 aliphatic rings. The van der Waals surface area contributed by atoms with Gasteiger partial charge in [0.15, 0.2) is 0 Å². The van der Waals surface area contributed by atoms with Crippen LogP contribution in [0.4, 0.5) is 4.79 Å². The summed E-state index contributed by atoms with van der Waals surface area (Å²) in [5.74, 6) is -1.10. The fourth-order valence-corrected chi connectivity index (χ4v) is 4.34. The topological polar surface area (TPSA) is 68.6 Å². The van der Waals surface area contributed by atoms with E-state index in [0.717, 1.165) is 45.7 Å². The molecule has 1 saturated heterocycles. The number of carbonyl (C=O) groups excluding carboxylic acids is 3. The van der Waals surface area contributed by atoms with Gasteiger partial charge in [0.25, 0.3) is 11.1 Å². The van der Waals surface area contributed by atoms with Crippen LogP contribution in [0.2, 0.25) is 0 Å². The van der Waals surface area contributed by atoms with E-state index in [9.17, 15) is 14.4 Å². The first-order valence-electron chi connectivity index (χ1n) is 9.41. The lowest BCUT2D eigenvalue weighted by molar-refractivity contribution is -0.148. The van der Waals surface area contributed by atoms with E-state index >= 15 is 0 Å². The van der Waals surface area contributed by atoms with Gasteiger partial charge in [-0.3, -0.25) is 14.5 Å². The molecule has 1 fully saturated rings. The molecule has 1 aromatic carbocycles. The Balaban J connectivity index is 1.94. The molecule has 1 aliphatic heterocycles. The molecule has 0 aliphatic carbocycles. The molecule has 2 heterocycles. The quantitative estimate of drug-likeness (QED) is 0.542. The van der Waals surface area contributed by atoms with E-state index < -0.39 is 23.2 Å². The van der Waals surface area contributed by atoms with Gasteiger partial charge in [0.05, 0.1) is 12.0 Å². The van der Waals surface area contributed by atoms with Crippen LogP contribution < -0.4 is 0 Å². The largest absolute Gasteiger partial charge is 0.467 e. The maximum absolute atomic E-state index is 12.7. The van der Waals surface area contributed by atoms with Gasteiger partial charge in [0.2, 0.25) is 0 Å². The minimum atomic E-state index is -0.956. The zero-order valence-electron chi connectivity index (χ0n) is 17.2. The van der Waals surface area contributed by atoms with Crippen LogP contribution in [0.5, 0.6) is 0 Å². The summed E-state index contributed by atoms with van der Waals surface area (Å²) < 4.78 is 6.78. The van der Waals surface area contributed by atoms with Crippen LogP contribution in [0.3, 0.4) is 0 Å².